The lowest BCUT2D eigenvalue weighted by molar-refractivity contribution is -0.197. The van der Waals surface area contributed by atoms with Gasteiger partial charge in [-0.3, -0.25) is 19.2 Å². The summed E-state index contributed by atoms with van der Waals surface area (Å²) in [6, 6.07) is 0. The third-order valence-electron chi connectivity index (χ3n) is 9.46. The quantitative estimate of drug-likeness (QED) is 0.245. The van der Waals surface area contributed by atoms with Crippen molar-refractivity contribution in [3.63, 3.8) is 0 Å². The highest BCUT2D eigenvalue weighted by Gasteiger charge is 2.62. The number of esters is 4. The molecular formula is C31H46O8. The van der Waals surface area contributed by atoms with E-state index in [2.05, 4.69) is 27.4 Å². The van der Waals surface area contributed by atoms with Crippen molar-refractivity contribution in [2.45, 2.75) is 119 Å². The summed E-state index contributed by atoms with van der Waals surface area (Å²) in [6.07, 6.45) is 0.126. The van der Waals surface area contributed by atoms with Crippen LogP contribution in [0.25, 0.3) is 0 Å². The van der Waals surface area contributed by atoms with E-state index in [1.54, 1.807) is 0 Å². The summed E-state index contributed by atoms with van der Waals surface area (Å²) in [7, 11) is 0. The minimum atomic E-state index is -0.836. The second-order valence-corrected chi connectivity index (χ2v) is 12.6. The molecule has 1 unspecified atom stereocenters. The standard InChI is InChI=1S/C31H46O8/c1-11-16(2)29(35)39-28-22-13-12-17(3)26(30(22,8)9)24(37-20(6)33)15-31(10)25(38-21(7)34)14-23(36-19(5)32)18(4)27(28)31/h16,22-25,27-28H,4,11-15H2,1-3,5-10H3/t16?,22-,23-,24-,25-,27-,28+,31+/m0/s1. The van der Waals surface area contributed by atoms with Crippen LogP contribution in [0.5, 0.6) is 0 Å². The van der Waals surface area contributed by atoms with E-state index < -0.39 is 59.1 Å². The lowest BCUT2D eigenvalue weighted by Gasteiger charge is -2.59. The van der Waals surface area contributed by atoms with Crippen LogP contribution in [0.2, 0.25) is 0 Å². The fraction of sp³-hybridized carbons (Fsp3) is 0.742. The van der Waals surface area contributed by atoms with Gasteiger partial charge in [-0.25, -0.2) is 0 Å². The van der Waals surface area contributed by atoms with Gasteiger partial charge in [-0.1, -0.05) is 46.8 Å². The predicted octanol–water partition coefficient (Wildman–Crippen LogP) is 5.48. The van der Waals surface area contributed by atoms with Crippen LogP contribution in [0, 0.1) is 28.6 Å². The Morgan fingerprint density at radius 3 is 2.05 bits per heavy atom. The van der Waals surface area contributed by atoms with Crippen molar-refractivity contribution in [3.05, 3.63) is 23.3 Å². The zero-order valence-electron chi connectivity index (χ0n) is 25.1. The first-order valence-corrected chi connectivity index (χ1v) is 14.1. The van der Waals surface area contributed by atoms with E-state index in [1.807, 2.05) is 20.8 Å². The van der Waals surface area contributed by atoms with Crippen LogP contribution in [-0.4, -0.2) is 48.3 Å². The molecule has 0 radical (unpaired) electrons. The van der Waals surface area contributed by atoms with Gasteiger partial charge in [0.05, 0.1) is 5.92 Å². The number of ether oxygens (including phenoxy) is 4. The fourth-order valence-electron chi connectivity index (χ4n) is 7.47. The van der Waals surface area contributed by atoms with Gasteiger partial charge >= 0.3 is 23.9 Å². The molecule has 3 rings (SSSR count). The van der Waals surface area contributed by atoms with Gasteiger partial charge in [-0.2, -0.15) is 0 Å². The van der Waals surface area contributed by atoms with Crippen molar-refractivity contribution in [2.24, 2.45) is 28.6 Å². The van der Waals surface area contributed by atoms with E-state index in [-0.39, 0.29) is 24.2 Å². The summed E-state index contributed by atoms with van der Waals surface area (Å²) >= 11 is 0. The van der Waals surface area contributed by atoms with E-state index in [1.165, 1.54) is 20.8 Å². The van der Waals surface area contributed by atoms with Crippen molar-refractivity contribution >= 4 is 23.9 Å². The monoisotopic (exact) mass is 546 g/mol. The molecule has 3 aliphatic carbocycles. The molecule has 8 nitrogen and oxygen atoms in total. The highest BCUT2D eigenvalue weighted by atomic mass is 16.6. The van der Waals surface area contributed by atoms with E-state index in [9.17, 15) is 19.2 Å². The molecule has 2 fully saturated rings. The van der Waals surface area contributed by atoms with Gasteiger partial charge in [0.1, 0.15) is 24.4 Å². The summed E-state index contributed by atoms with van der Waals surface area (Å²) in [6.45, 7) is 20.6. The minimum Gasteiger partial charge on any atom is -0.462 e. The van der Waals surface area contributed by atoms with E-state index in [0.717, 1.165) is 24.0 Å². The molecule has 0 aliphatic heterocycles. The molecule has 0 amide bonds. The highest BCUT2D eigenvalue weighted by Crippen LogP contribution is 2.60. The maximum absolute atomic E-state index is 13.4. The SMILES string of the molecule is C=C1[C@@H](OC(C)=O)C[C@H](OC(C)=O)[C@@]2(C)C[C@H](OC(C)=O)C3=C(C)CC[C@@H]([C@@H](OC(=O)C(C)CC)[C@H]12)C3(C)C. The Hall–Kier alpha value is -2.64. The van der Waals surface area contributed by atoms with Crippen molar-refractivity contribution in [1.29, 1.82) is 0 Å². The Balaban J connectivity index is 2.31. The molecule has 0 saturated heterocycles. The van der Waals surface area contributed by atoms with Crippen LogP contribution in [0.3, 0.4) is 0 Å². The first-order valence-electron chi connectivity index (χ1n) is 14.1. The van der Waals surface area contributed by atoms with Crippen LogP contribution in [0.4, 0.5) is 0 Å². The Morgan fingerprint density at radius 1 is 0.949 bits per heavy atom. The van der Waals surface area contributed by atoms with Crippen LogP contribution in [0.15, 0.2) is 23.3 Å². The van der Waals surface area contributed by atoms with E-state index in [4.69, 9.17) is 18.9 Å². The number of hydrogen-bond acceptors (Lipinski definition) is 8. The van der Waals surface area contributed by atoms with Crippen LogP contribution in [0.1, 0.15) is 94.4 Å². The maximum atomic E-state index is 13.4. The fourth-order valence-corrected chi connectivity index (χ4v) is 7.47. The molecule has 0 spiro atoms. The van der Waals surface area contributed by atoms with E-state index in [0.29, 0.717) is 18.4 Å². The third-order valence-corrected chi connectivity index (χ3v) is 9.46. The van der Waals surface area contributed by atoms with Crippen LogP contribution < -0.4 is 0 Å². The summed E-state index contributed by atoms with van der Waals surface area (Å²) in [4.78, 5) is 50.2. The minimum absolute atomic E-state index is 0.141. The molecule has 0 aromatic carbocycles. The molecule has 3 aliphatic rings. The number of rotatable bonds is 6. The summed E-state index contributed by atoms with van der Waals surface area (Å²) in [5.74, 6) is -2.59. The molecule has 2 saturated carbocycles. The average Bonchev–Trinajstić information content (AvgIpc) is 2.79. The zero-order chi connectivity index (χ0) is 29.4. The molecule has 39 heavy (non-hydrogen) atoms. The normalized spacial score (nSPS) is 34.5. The van der Waals surface area contributed by atoms with Crippen LogP contribution >= 0.6 is 0 Å². The zero-order valence-corrected chi connectivity index (χ0v) is 25.1. The Labute approximate surface area is 232 Å². The smallest absolute Gasteiger partial charge is 0.308 e. The van der Waals surface area contributed by atoms with Gasteiger partial charge in [-0.05, 0) is 49.2 Å². The van der Waals surface area contributed by atoms with Gasteiger partial charge in [0.2, 0.25) is 0 Å². The van der Waals surface area contributed by atoms with Crippen molar-refractivity contribution in [2.75, 3.05) is 0 Å². The molecule has 0 N–H and O–H groups in total. The van der Waals surface area contributed by atoms with Gasteiger partial charge in [0.15, 0.2) is 0 Å². The van der Waals surface area contributed by atoms with Crippen molar-refractivity contribution < 1.29 is 38.1 Å². The van der Waals surface area contributed by atoms with Gasteiger partial charge < -0.3 is 18.9 Å². The van der Waals surface area contributed by atoms with Crippen molar-refractivity contribution in [3.8, 4) is 0 Å². The lowest BCUT2D eigenvalue weighted by atomic mass is 9.49. The predicted molar refractivity (Wildman–Crippen MR) is 145 cm³/mol. The molecule has 2 bridgehead atoms. The molecule has 8 atom stereocenters. The molecule has 0 aromatic rings. The topological polar surface area (TPSA) is 105 Å². The van der Waals surface area contributed by atoms with Crippen LogP contribution in [-0.2, 0) is 38.1 Å². The van der Waals surface area contributed by atoms with Crippen molar-refractivity contribution in [1.82, 2.24) is 0 Å². The number of carbonyl (C=O) groups is 4. The van der Waals surface area contributed by atoms with Gasteiger partial charge in [-0.15, -0.1) is 0 Å². The number of fused-ring (bicyclic) bond motifs is 3. The Bertz CT molecular complexity index is 1050. The molecule has 0 aromatic heterocycles. The number of carbonyl (C=O) groups excluding carboxylic acids is 4. The third kappa shape index (κ3) is 5.94. The number of hydrogen-bond donors (Lipinski definition) is 0. The lowest BCUT2D eigenvalue weighted by Crippen LogP contribution is -2.61. The Morgan fingerprint density at radius 2 is 1.51 bits per heavy atom. The summed E-state index contributed by atoms with van der Waals surface area (Å²) in [5.41, 5.74) is 1.51. The summed E-state index contributed by atoms with van der Waals surface area (Å²) < 4.78 is 24.1. The molecule has 8 heteroatoms. The largest absolute Gasteiger partial charge is 0.462 e. The average molecular weight is 547 g/mol. The number of allylic oxidation sites excluding steroid dienone is 1. The highest BCUT2D eigenvalue weighted by molar-refractivity contribution is 5.72. The second kappa shape index (κ2) is 11.5. The Kier molecular flexibility index (Phi) is 9.08. The first-order chi connectivity index (χ1) is 18.0. The maximum Gasteiger partial charge on any atom is 0.308 e. The molecule has 218 valence electrons. The molecule has 0 heterocycles. The second-order valence-electron chi connectivity index (χ2n) is 12.6. The van der Waals surface area contributed by atoms with E-state index >= 15 is 0 Å². The summed E-state index contributed by atoms with van der Waals surface area (Å²) in [5, 5.41) is 0. The first kappa shape index (κ1) is 30.9. The van der Waals surface area contributed by atoms with Gasteiger partial charge in [0.25, 0.3) is 0 Å². The van der Waals surface area contributed by atoms with Gasteiger partial charge in [0, 0.05) is 44.4 Å². The molecular weight excluding hydrogens is 500 g/mol.